The molecule has 1 heterocycles. The first-order valence-corrected chi connectivity index (χ1v) is 10.8. The second-order valence-electron chi connectivity index (χ2n) is 6.31. The summed E-state index contributed by atoms with van der Waals surface area (Å²) >= 11 is 3.36. The van der Waals surface area contributed by atoms with E-state index in [-0.39, 0.29) is 4.90 Å². The van der Waals surface area contributed by atoms with Crippen LogP contribution in [0.1, 0.15) is 12.0 Å². The Balaban J connectivity index is 1.75. The van der Waals surface area contributed by atoms with Crippen LogP contribution in [0.4, 0.5) is 0 Å². The van der Waals surface area contributed by atoms with Gasteiger partial charge in [-0.05, 0) is 36.7 Å². The van der Waals surface area contributed by atoms with Crippen LogP contribution < -0.4 is 4.74 Å². The molecule has 0 aliphatic carbocycles. The first-order chi connectivity index (χ1) is 12.5. The Morgan fingerprint density at radius 1 is 1.04 bits per heavy atom. The predicted octanol–water partition coefficient (Wildman–Crippen LogP) is 3.35. The molecule has 0 bridgehead atoms. The second-order valence-corrected chi connectivity index (χ2v) is 9.14. The summed E-state index contributed by atoms with van der Waals surface area (Å²) in [4.78, 5) is 2.52. The standard InChI is InChI=1S/C19H23BrN2O3S/c1-25-18-9-8-17(20)14-19(18)26(23,24)22-11-5-10-21(12-13-22)15-16-6-3-2-4-7-16/h2-4,6-9,14H,5,10-13,15H2,1H3. The highest BCUT2D eigenvalue weighted by atomic mass is 79.9. The van der Waals surface area contributed by atoms with Gasteiger partial charge in [0.1, 0.15) is 10.6 Å². The highest BCUT2D eigenvalue weighted by Gasteiger charge is 2.29. The van der Waals surface area contributed by atoms with E-state index in [2.05, 4.69) is 33.0 Å². The van der Waals surface area contributed by atoms with Crippen molar-refractivity contribution in [3.05, 3.63) is 58.6 Å². The second kappa shape index (κ2) is 8.52. The summed E-state index contributed by atoms with van der Waals surface area (Å²) in [5, 5.41) is 0. The van der Waals surface area contributed by atoms with E-state index in [0.29, 0.717) is 25.4 Å². The van der Waals surface area contributed by atoms with Crippen molar-refractivity contribution in [1.82, 2.24) is 9.21 Å². The maximum atomic E-state index is 13.1. The van der Waals surface area contributed by atoms with Crippen molar-refractivity contribution in [3.8, 4) is 5.75 Å². The Morgan fingerprint density at radius 2 is 1.81 bits per heavy atom. The summed E-state index contributed by atoms with van der Waals surface area (Å²) in [7, 11) is -2.10. The van der Waals surface area contributed by atoms with Crippen molar-refractivity contribution < 1.29 is 13.2 Å². The Hall–Kier alpha value is -1.41. The van der Waals surface area contributed by atoms with Gasteiger partial charge in [-0.2, -0.15) is 4.31 Å². The zero-order valence-electron chi connectivity index (χ0n) is 14.8. The fourth-order valence-corrected chi connectivity index (χ4v) is 5.34. The van der Waals surface area contributed by atoms with Gasteiger partial charge in [0.15, 0.2) is 0 Å². The molecule has 0 amide bonds. The molecule has 0 N–H and O–H groups in total. The smallest absolute Gasteiger partial charge is 0.246 e. The lowest BCUT2D eigenvalue weighted by molar-refractivity contribution is 0.278. The summed E-state index contributed by atoms with van der Waals surface area (Å²) < 4.78 is 33.9. The molecule has 0 unspecified atom stereocenters. The Morgan fingerprint density at radius 3 is 2.54 bits per heavy atom. The number of rotatable bonds is 5. The Labute approximate surface area is 163 Å². The molecule has 26 heavy (non-hydrogen) atoms. The van der Waals surface area contributed by atoms with Crippen molar-refractivity contribution in [2.45, 2.75) is 17.9 Å². The van der Waals surface area contributed by atoms with Gasteiger partial charge in [0.25, 0.3) is 0 Å². The van der Waals surface area contributed by atoms with Gasteiger partial charge in [-0.15, -0.1) is 0 Å². The summed E-state index contributed by atoms with van der Waals surface area (Å²) in [5.41, 5.74) is 1.25. The highest BCUT2D eigenvalue weighted by Crippen LogP contribution is 2.30. The summed E-state index contributed by atoms with van der Waals surface area (Å²) in [5.74, 6) is 0.374. The number of benzene rings is 2. The van der Waals surface area contributed by atoms with Crippen LogP contribution in [0.3, 0.4) is 0 Å². The van der Waals surface area contributed by atoms with Crippen LogP contribution in [-0.2, 0) is 16.6 Å². The normalized spacial score (nSPS) is 17.0. The largest absolute Gasteiger partial charge is 0.495 e. The molecular weight excluding hydrogens is 416 g/mol. The lowest BCUT2D eigenvalue weighted by Crippen LogP contribution is -2.35. The fraction of sp³-hybridized carbons (Fsp3) is 0.368. The molecule has 1 fully saturated rings. The van der Waals surface area contributed by atoms with Crippen LogP contribution in [0, 0.1) is 0 Å². The Kier molecular flexibility index (Phi) is 6.34. The quantitative estimate of drug-likeness (QED) is 0.717. The number of halogens is 1. The number of nitrogens with zero attached hydrogens (tertiary/aromatic N) is 2. The van der Waals surface area contributed by atoms with Crippen LogP contribution in [0.2, 0.25) is 0 Å². The van der Waals surface area contributed by atoms with Gasteiger partial charge < -0.3 is 4.74 Å². The number of methoxy groups -OCH3 is 1. The number of sulfonamides is 1. The molecule has 0 aromatic heterocycles. The third-order valence-corrected chi connectivity index (χ3v) is 6.95. The molecule has 2 aromatic rings. The van der Waals surface area contributed by atoms with E-state index in [4.69, 9.17) is 4.74 Å². The van der Waals surface area contributed by atoms with Gasteiger partial charge >= 0.3 is 0 Å². The molecule has 3 rings (SSSR count). The zero-order chi connectivity index (χ0) is 18.6. The number of hydrogen-bond acceptors (Lipinski definition) is 4. The lowest BCUT2D eigenvalue weighted by Gasteiger charge is -2.22. The molecule has 0 radical (unpaired) electrons. The van der Waals surface area contributed by atoms with Crippen LogP contribution in [-0.4, -0.2) is 50.9 Å². The number of hydrogen-bond donors (Lipinski definition) is 0. The van der Waals surface area contributed by atoms with Gasteiger partial charge in [-0.3, -0.25) is 4.90 Å². The molecule has 0 spiro atoms. The van der Waals surface area contributed by atoms with Crippen molar-refractivity contribution in [2.24, 2.45) is 0 Å². The molecule has 5 nitrogen and oxygen atoms in total. The molecule has 140 valence electrons. The molecular formula is C19H23BrN2O3S. The molecule has 1 aliphatic heterocycles. The molecule has 1 saturated heterocycles. The van der Waals surface area contributed by atoms with E-state index in [0.717, 1.165) is 24.0 Å². The first-order valence-electron chi connectivity index (χ1n) is 8.60. The third kappa shape index (κ3) is 4.46. The van der Waals surface area contributed by atoms with E-state index < -0.39 is 10.0 Å². The third-order valence-electron chi connectivity index (χ3n) is 4.54. The van der Waals surface area contributed by atoms with E-state index in [1.165, 1.54) is 12.7 Å². The molecule has 0 atom stereocenters. The van der Waals surface area contributed by atoms with Crippen LogP contribution in [0.25, 0.3) is 0 Å². The Bertz CT molecular complexity index is 843. The van der Waals surface area contributed by atoms with Gasteiger partial charge in [0.05, 0.1) is 7.11 Å². The first kappa shape index (κ1) is 19.4. The molecule has 0 saturated carbocycles. The summed E-state index contributed by atoms with van der Waals surface area (Å²) in [6.45, 7) is 3.43. The van der Waals surface area contributed by atoms with Gasteiger partial charge in [0.2, 0.25) is 10.0 Å². The molecule has 7 heteroatoms. The molecule has 1 aliphatic rings. The van der Waals surface area contributed by atoms with E-state index in [9.17, 15) is 8.42 Å². The van der Waals surface area contributed by atoms with Gasteiger partial charge in [-0.25, -0.2) is 8.42 Å². The fourth-order valence-electron chi connectivity index (χ4n) is 3.18. The maximum Gasteiger partial charge on any atom is 0.246 e. The van der Waals surface area contributed by atoms with E-state index in [1.807, 2.05) is 18.2 Å². The SMILES string of the molecule is COc1ccc(Br)cc1S(=O)(=O)N1CCCN(Cc2ccccc2)CC1. The predicted molar refractivity (Wildman–Crippen MR) is 106 cm³/mol. The number of ether oxygens (including phenoxy) is 1. The van der Waals surface area contributed by atoms with Crippen LogP contribution >= 0.6 is 15.9 Å². The minimum absolute atomic E-state index is 0.214. The minimum atomic E-state index is -3.60. The van der Waals surface area contributed by atoms with Crippen LogP contribution in [0.15, 0.2) is 57.9 Å². The van der Waals surface area contributed by atoms with Crippen molar-refractivity contribution in [1.29, 1.82) is 0 Å². The summed E-state index contributed by atoms with van der Waals surface area (Å²) in [6.07, 6.45) is 0.808. The zero-order valence-corrected chi connectivity index (χ0v) is 17.2. The monoisotopic (exact) mass is 438 g/mol. The van der Waals surface area contributed by atoms with Crippen molar-refractivity contribution in [2.75, 3.05) is 33.3 Å². The maximum absolute atomic E-state index is 13.1. The van der Waals surface area contributed by atoms with Crippen molar-refractivity contribution in [3.63, 3.8) is 0 Å². The average molecular weight is 439 g/mol. The van der Waals surface area contributed by atoms with Crippen molar-refractivity contribution >= 4 is 26.0 Å². The average Bonchev–Trinajstić information content (AvgIpc) is 2.88. The topological polar surface area (TPSA) is 49.9 Å². The van der Waals surface area contributed by atoms with Gasteiger partial charge in [-0.1, -0.05) is 46.3 Å². The van der Waals surface area contributed by atoms with Gasteiger partial charge in [0, 0.05) is 30.7 Å². The highest BCUT2D eigenvalue weighted by molar-refractivity contribution is 9.10. The van der Waals surface area contributed by atoms with Crippen LogP contribution in [0.5, 0.6) is 5.75 Å². The van der Waals surface area contributed by atoms with E-state index in [1.54, 1.807) is 22.5 Å². The van der Waals surface area contributed by atoms with E-state index >= 15 is 0 Å². The minimum Gasteiger partial charge on any atom is -0.495 e. The lowest BCUT2D eigenvalue weighted by atomic mass is 10.2. The molecule has 2 aromatic carbocycles. The summed E-state index contributed by atoms with van der Waals surface area (Å²) in [6, 6.07) is 15.3.